The van der Waals surface area contributed by atoms with Gasteiger partial charge in [0.05, 0.1) is 5.92 Å². The number of alkyl halides is 3. The highest BCUT2D eigenvalue weighted by Crippen LogP contribution is 2.38. The zero-order valence-corrected chi connectivity index (χ0v) is 9.56. The predicted molar refractivity (Wildman–Crippen MR) is 54.6 cm³/mol. The molecule has 15 heavy (non-hydrogen) atoms. The van der Waals surface area contributed by atoms with Crippen LogP contribution < -0.4 is 5.32 Å². The maximum Gasteiger partial charge on any atom is 0.393 e. The molecule has 3 atom stereocenters. The molecule has 1 heterocycles. The zero-order chi connectivity index (χ0) is 11.6. The summed E-state index contributed by atoms with van der Waals surface area (Å²) >= 11 is 0. The Hall–Kier alpha value is -0.250. The van der Waals surface area contributed by atoms with E-state index in [0.29, 0.717) is 13.0 Å². The van der Waals surface area contributed by atoms with Crippen molar-refractivity contribution in [1.82, 2.24) is 5.32 Å². The number of hydrogen-bond acceptors (Lipinski definition) is 1. The Labute approximate surface area is 89.4 Å². The molecule has 1 aliphatic heterocycles. The molecule has 1 rings (SSSR count). The number of halogens is 3. The average molecular weight is 223 g/mol. The number of hydrogen-bond donors (Lipinski definition) is 1. The van der Waals surface area contributed by atoms with Crippen LogP contribution in [0.25, 0.3) is 0 Å². The van der Waals surface area contributed by atoms with E-state index in [2.05, 4.69) is 5.32 Å². The van der Waals surface area contributed by atoms with Crippen LogP contribution in [-0.4, -0.2) is 18.8 Å². The van der Waals surface area contributed by atoms with Crippen LogP contribution in [0.4, 0.5) is 13.2 Å². The third-order valence-electron chi connectivity index (χ3n) is 3.54. The second kappa shape index (κ2) is 4.73. The van der Waals surface area contributed by atoms with E-state index in [4.69, 9.17) is 0 Å². The van der Waals surface area contributed by atoms with Crippen molar-refractivity contribution in [3.05, 3.63) is 0 Å². The van der Waals surface area contributed by atoms with E-state index in [9.17, 15) is 13.2 Å². The predicted octanol–water partition coefficient (Wildman–Crippen LogP) is 3.21. The first-order chi connectivity index (χ1) is 6.84. The Morgan fingerprint density at radius 1 is 1.20 bits per heavy atom. The quantitative estimate of drug-likeness (QED) is 0.758. The first-order valence-corrected chi connectivity index (χ1v) is 5.64. The highest BCUT2D eigenvalue weighted by atomic mass is 19.4. The molecule has 0 amide bonds. The van der Waals surface area contributed by atoms with Gasteiger partial charge < -0.3 is 5.32 Å². The Morgan fingerprint density at radius 2 is 1.80 bits per heavy atom. The summed E-state index contributed by atoms with van der Waals surface area (Å²) in [5, 5.41) is 3.04. The van der Waals surface area contributed by atoms with E-state index in [-0.39, 0.29) is 18.3 Å². The molecule has 1 nitrogen and oxygen atoms in total. The Kier molecular flexibility index (Phi) is 4.04. The van der Waals surface area contributed by atoms with Crippen LogP contribution in [-0.2, 0) is 0 Å². The topological polar surface area (TPSA) is 12.0 Å². The van der Waals surface area contributed by atoms with Gasteiger partial charge >= 0.3 is 6.18 Å². The summed E-state index contributed by atoms with van der Waals surface area (Å²) in [7, 11) is 0. The summed E-state index contributed by atoms with van der Waals surface area (Å²) in [6.45, 7) is 6.59. The Balaban J connectivity index is 2.74. The third-order valence-corrected chi connectivity index (χ3v) is 3.54. The maximum atomic E-state index is 12.8. The summed E-state index contributed by atoms with van der Waals surface area (Å²) in [5.74, 6) is -0.814. The van der Waals surface area contributed by atoms with Crippen LogP contribution >= 0.6 is 0 Å². The summed E-state index contributed by atoms with van der Waals surface area (Å²) in [5.41, 5.74) is 0. The van der Waals surface area contributed by atoms with Crippen molar-refractivity contribution in [2.45, 2.75) is 45.8 Å². The van der Waals surface area contributed by atoms with E-state index in [1.807, 2.05) is 20.8 Å². The lowest BCUT2D eigenvalue weighted by molar-refractivity contribution is -0.193. The number of nitrogens with one attached hydrogen (secondary N) is 1. The van der Waals surface area contributed by atoms with Gasteiger partial charge in [-0.3, -0.25) is 0 Å². The highest BCUT2D eigenvalue weighted by molar-refractivity contribution is 4.89. The van der Waals surface area contributed by atoms with E-state index < -0.39 is 18.1 Å². The Bertz CT molecular complexity index is 200. The van der Waals surface area contributed by atoms with Gasteiger partial charge in [0.25, 0.3) is 0 Å². The zero-order valence-electron chi connectivity index (χ0n) is 9.56. The first kappa shape index (κ1) is 12.8. The van der Waals surface area contributed by atoms with Crippen molar-refractivity contribution in [3.63, 3.8) is 0 Å². The fourth-order valence-electron chi connectivity index (χ4n) is 2.25. The Morgan fingerprint density at radius 3 is 2.27 bits per heavy atom. The molecule has 0 radical (unpaired) electrons. The van der Waals surface area contributed by atoms with Crippen LogP contribution in [0.15, 0.2) is 0 Å². The highest BCUT2D eigenvalue weighted by Gasteiger charge is 2.47. The molecule has 0 aromatic carbocycles. The standard InChI is InChI=1S/C11H20F3N/c1-7(2)8(3)10-9(11(12,13)14)5-4-6-15-10/h7-10,15H,4-6H2,1-3H3/t8?,9-,10-/m1/s1. The molecule has 90 valence electrons. The van der Waals surface area contributed by atoms with Gasteiger partial charge in [-0.1, -0.05) is 20.8 Å². The van der Waals surface area contributed by atoms with Gasteiger partial charge in [-0.05, 0) is 31.2 Å². The molecule has 1 saturated heterocycles. The molecule has 0 spiro atoms. The molecule has 1 unspecified atom stereocenters. The minimum atomic E-state index is -4.05. The second-order valence-corrected chi connectivity index (χ2v) is 4.87. The molecule has 0 saturated carbocycles. The minimum Gasteiger partial charge on any atom is -0.313 e. The molecule has 0 aromatic heterocycles. The van der Waals surface area contributed by atoms with Crippen LogP contribution in [0.5, 0.6) is 0 Å². The van der Waals surface area contributed by atoms with Crippen LogP contribution in [0, 0.1) is 17.8 Å². The van der Waals surface area contributed by atoms with Crippen molar-refractivity contribution < 1.29 is 13.2 Å². The largest absolute Gasteiger partial charge is 0.393 e. The minimum absolute atomic E-state index is 0.0666. The van der Waals surface area contributed by atoms with E-state index >= 15 is 0 Å². The van der Waals surface area contributed by atoms with Crippen molar-refractivity contribution >= 4 is 0 Å². The fraction of sp³-hybridized carbons (Fsp3) is 1.00. The second-order valence-electron chi connectivity index (χ2n) is 4.87. The molecule has 1 aliphatic rings. The van der Waals surface area contributed by atoms with E-state index in [1.165, 1.54) is 0 Å². The lowest BCUT2D eigenvalue weighted by atomic mass is 9.78. The van der Waals surface area contributed by atoms with Crippen molar-refractivity contribution in [2.75, 3.05) is 6.54 Å². The molecule has 4 heteroatoms. The van der Waals surface area contributed by atoms with Crippen molar-refractivity contribution in [2.24, 2.45) is 17.8 Å². The summed E-state index contributed by atoms with van der Waals surface area (Å²) in [6, 6.07) is -0.404. The number of rotatable bonds is 2. The van der Waals surface area contributed by atoms with Gasteiger partial charge in [0.15, 0.2) is 0 Å². The van der Waals surface area contributed by atoms with Gasteiger partial charge in [0.1, 0.15) is 0 Å². The summed E-state index contributed by atoms with van der Waals surface area (Å²) < 4.78 is 38.3. The van der Waals surface area contributed by atoms with Gasteiger partial charge in [-0.2, -0.15) is 13.2 Å². The molecular weight excluding hydrogens is 203 g/mol. The van der Waals surface area contributed by atoms with Gasteiger partial charge in [-0.15, -0.1) is 0 Å². The molecule has 1 fully saturated rings. The van der Waals surface area contributed by atoms with Gasteiger partial charge in [-0.25, -0.2) is 0 Å². The van der Waals surface area contributed by atoms with Crippen molar-refractivity contribution in [3.8, 4) is 0 Å². The smallest absolute Gasteiger partial charge is 0.313 e. The summed E-state index contributed by atoms with van der Waals surface area (Å²) in [6.07, 6.45) is -3.15. The van der Waals surface area contributed by atoms with E-state index in [0.717, 1.165) is 0 Å². The summed E-state index contributed by atoms with van der Waals surface area (Å²) in [4.78, 5) is 0. The third kappa shape index (κ3) is 3.10. The monoisotopic (exact) mass is 223 g/mol. The molecule has 0 aromatic rings. The maximum absolute atomic E-state index is 12.8. The molecule has 0 aliphatic carbocycles. The molecule has 1 N–H and O–H groups in total. The molecule has 0 bridgehead atoms. The van der Waals surface area contributed by atoms with E-state index in [1.54, 1.807) is 0 Å². The van der Waals surface area contributed by atoms with Crippen LogP contribution in [0.1, 0.15) is 33.6 Å². The van der Waals surface area contributed by atoms with Crippen LogP contribution in [0.2, 0.25) is 0 Å². The number of piperidine rings is 1. The lowest BCUT2D eigenvalue weighted by Gasteiger charge is -2.39. The van der Waals surface area contributed by atoms with Crippen LogP contribution in [0.3, 0.4) is 0 Å². The molecular formula is C11H20F3N. The SMILES string of the molecule is CC(C)C(C)[C@H]1NCCC[C@H]1C(F)(F)F. The fourth-order valence-corrected chi connectivity index (χ4v) is 2.25. The van der Waals surface area contributed by atoms with Crippen molar-refractivity contribution in [1.29, 1.82) is 0 Å². The van der Waals surface area contributed by atoms with Gasteiger partial charge in [0.2, 0.25) is 0 Å². The normalized spacial score (nSPS) is 30.6. The lowest BCUT2D eigenvalue weighted by Crippen LogP contribution is -2.52. The first-order valence-electron chi connectivity index (χ1n) is 5.64. The average Bonchev–Trinajstić information content (AvgIpc) is 2.15. The van der Waals surface area contributed by atoms with Gasteiger partial charge in [0, 0.05) is 6.04 Å².